The van der Waals surface area contributed by atoms with Gasteiger partial charge in [-0.1, -0.05) is 47.5 Å². The van der Waals surface area contributed by atoms with Gasteiger partial charge in [0.05, 0.1) is 36.2 Å². The fourth-order valence-electron chi connectivity index (χ4n) is 11.6. The predicted octanol–water partition coefficient (Wildman–Crippen LogP) is 6.20. The summed E-state index contributed by atoms with van der Waals surface area (Å²) in [4.78, 5) is 34.1. The Morgan fingerprint density at radius 2 is 0.938 bits per heavy atom. The van der Waals surface area contributed by atoms with Crippen LogP contribution >= 0.6 is 23.2 Å². The number of fused-ring (bicyclic) bond motifs is 2. The summed E-state index contributed by atoms with van der Waals surface area (Å²) in [5.74, 6) is 0.00782. The molecular formula is C58H82Cl2N10O8S2. The van der Waals surface area contributed by atoms with Crippen LogP contribution in [-0.4, -0.2) is 180 Å². The molecule has 2 fully saturated rings. The first-order valence-electron chi connectivity index (χ1n) is 28.1. The van der Waals surface area contributed by atoms with Gasteiger partial charge in [-0.15, -0.1) is 0 Å². The van der Waals surface area contributed by atoms with Crippen molar-refractivity contribution in [2.75, 3.05) is 119 Å². The average molecular weight is 1180 g/mol. The average Bonchev–Trinajstić information content (AvgIpc) is 4.15. The third-order valence-corrected chi connectivity index (χ3v) is 19.6. The molecule has 4 aromatic rings. The standard InChI is InChI=1S/C58H82Cl2N10O8S2/c1-39-9-11-43(53-37-67(5)35-51-41(3)27-45(59)31-49(51)53)29-55(39)79(73,74)65-47-13-19-69(33-47)21-25-77-23-17-63-57(71)61-15-7-8-16-62-58(72)64-18-24-78-26-22-70-20-14-48(34-70)66-80(75,76)56-30-44(12-10-40(56)2)54-38-68(6)36-52-42(4)28-46(60)32-50(52)54/h9-12,27-32,47-48,53-54,65-66H,7-8,13-26,33-38H2,1-6H3,(H2,61,63,71)(H2,62,64,72)/t47-,48-,53?,54?/m0/s1. The van der Waals surface area contributed by atoms with Crippen molar-refractivity contribution in [2.45, 2.75) is 100 Å². The molecule has 2 saturated heterocycles. The number of hydrogen-bond acceptors (Lipinski definition) is 12. The van der Waals surface area contributed by atoms with Gasteiger partial charge in [0.25, 0.3) is 0 Å². The monoisotopic (exact) mass is 1180 g/mol. The second-order valence-electron chi connectivity index (χ2n) is 22.2. The summed E-state index contributed by atoms with van der Waals surface area (Å²) in [7, 11) is -3.38. The van der Waals surface area contributed by atoms with E-state index >= 15 is 0 Å². The van der Waals surface area contributed by atoms with Crippen molar-refractivity contribution in [1.82, 2.24) is 50.3 Å². The lowest BCUT2D eigenvalue weighted by molar-refractivity contribution is 0.113. The number of carbonyl (C=O) groups excluding carboxylic acids is 2. The van der Waals surface area contributed by atoms with Crippen molar-refractivity contribution in [2.24, 2.45) is 0 Å². The van der Waals surface area contributed by atoms with Gasteiger partial charge >= 0.3 is 12.1 Å². The zero-order valence-corrected chi connectivity index (χ0v) is 50.4. The Hall–Kier alpha value is -4.42. The smallest absolute Gasteiger partial charge is 0.314 e. The molecule has 0 bridgehead atoms. The first-order chi connectivity index (χ1) is 38.2. The molecule has 0 spiro atoms. The van der Waals surface area contributed by atoms with Crippen LogP contribution in [0.3, 0.4) is 0 Å². The topological polar surface area (TPSA) is 206 Å². The maximum absolute atomic E-state index is 13.8. The largest absolute Gasteiger partial charge is 0.378 e. The highest BCUT2D eigenvalue weighted by molar-refractivity contribution is 7.89. The van der Waals surface area contributed by atoms with E-state index in [0.717, 1.165) is 72.6 Å². The number of likely N-dealkylation sites (N-methyl/N-ethyl adjacent to an activating group) is 2. The zero-order chi connectivity index (χ0) is 57.1. The van der Waals surface area contributed by atoms with Crippen molar-refractivity contribution in [3.8, 4) is 0 Å². The molecule has 4 aliphatic heterocycles. The molecule has 0 aromatic heterocycles. The fraction of sp³-hybridized carbons (Fsp3) is 0.552. The SMILES string of the molecule is Cc1ccc(C2CN(C)Cc3c(C)cc(Cl)cc32)cc1S(=O)(=O)N[C@H]1CCN(CCOCCNC(=O)NCCCCNC(=O)NCCOCCN2CC[C@H](NS(=O)(=O)c3cc(C4CN(C)Cc5c(C)cc(Cl)cc54)ccc3C)C2)C1. The summed E-state index contributed by atoms with van der Waals surface area (Å²) >= 11 is 13.0. The highest BCUT2D eigenvalue weighted by atomic mass is 35.5. The lowest BCUT2D eigenvalue weighted by Gasteiger charge is -2.34. The summed E-state index contributed by atoms with van der Waals surface area (Å²) in [5, 5.41) is 12.6. The molecule has 4 atom stereocenters. The van der Waals surface area contributed by atoms with Gasteiger partial charge in [0.1, 0.15) is 0 Å². The van der Waals surface area contributed by atoms with Crippen molar-refractivity contribution in [3.63, 3.8) is 0 Å². The molecule has 22 heteroatoms. The van der Waals surface area contributed by atoms with Gasteiger partial charge in [0, 0.05) is 113 Å². The maximum Gasteiger partial charge on any atom is 0.314 e. The number of unbranched alkanes of at least 4 members (excludes halogenated alkanes) is 1. The molecule has 4 aliphatic rings. The second kappa shape index (κ2) is 28.2. The van der Waals surface area contributed by atoms with Crippen LogP contribution in [0.4, 0.5) is 9.59 Å². The summed E-state index contributed by atoms with van der Waals surface area (Å²) in [6.45, 7) is 18.2. The van der Waals surface area contributed by atoms with Gasteiger partial charge in [-0.2, -0.15) is 0 Å². The van der Waals surface area contributed by atoms with Crippen molar-refractivity contribution in [1.29, 1.82) is 0 Å². The Morgan fingerprint density at radius 1 is 0.537 bits per heavy atom. The van der Waals surface area contributed by atoms with Crippen LogP contribution in [0.5, 0.6) is 0 Å². The van der Waals surface area contributed by atoms with E-state index in [2.05, 4.69) is 78.3 Å². The Bertz CT molecular complexity index is 2840. The molecule has 2 unspecified atom stereocenters. The summed E-state index contributed by atoms with van der Waals surface area (Å²) in [5.41, 5.74) is 10.4. The van der Waals surface area contributed by atoms with Gasteiger partial charge in [-0.3, -0.25) is 9.80 Å². The molecule has 4 aromatic carbocycles. The number of ether oxygens (including phenoxy) is 2. The van der Waals surface area contributed by atoms with Gasteiger partial charge < -0.3 is 40.5 Å². The second-order valence-corrected chi connectivity index (χ2v) is 26.5. The lowest BCUT2D eigenvalue weighted by Crippen LogP contribution is -2.39. The summed E-state index contributed by atoms with van der Waals surface area (Å²) < 4.78 is 72.8. The number of amides is 4. The number of likely N-dealkylation sites (tertiary alicyclic amines) is 2. The number of nitrogens with zero attached hydrogens (tertiary/aromatic N) is 4. The minimum atomic E-state index is -3.78. The van der Waals surface area contributed by atoms with E-state index in [4.69, 9.17) is 32.7 Å². The molecule has 80 heavy (non-hydrogen) atoms. The van der Waals surface area contributed by atoms with Gasteiger partial charge in [-0.25, -0.2) is 35.9 Å². The molecule has 8 rings (SSSR count). The number of benzene rings is 4. The molecule has 18 nitrogen and oxygen atoms in total. The first kappa shape index (κ1) is 61.6. The van der Waals surface area contributed by atoms with Crippen molar-refractivity contribution in [3.05, 3.63) is 126 Å². The normalized spacial score (nSPS) is 20.1. The third-order valence-electron chi connectivity index (χ3n) is 15.9. The highest BCUT2D eigenvalue weighted by Crippen LogP contribution is 2.39. The number of nitrogens with one attached hydrogen (secondary N) is 6. The van der Waals surface area contributed by atoms with Crippen LogP contribution < -0.4 is 30.7 Å². The number of hydrogen-bond donors (Lipinski definition) is 6. The van der Waals surface area contributed by atoms with Crippen molar-refractivity contribution < 1.29 is 35.9 Å². The molecule has 0 radical (unpaired) electrons. The molecule has 0 saturated carbocycles. The van der Waals surface area contributed by atoms with Crippen LogP contribution in [0.1, 0.15) is 93.2 Å². The van der Waals surface area contributed by atoms with Crippen LogP contribution in [0.15, 0.2) is 70.5 Å². The van der Waals surface area contributed by atoms with Crippen LogP contribution in [0.2, 0.25) is 10.0 Å². The van der Waals surface area contributed by atoms with Gasteiger partial charge in [0.15, 0.2) is 0 Å². The molecule has 6 N–H and O–H groups in total. The van der Waals surface area contributed by atoms with E-state index < -0.39 is 20.0 Å². The Morgan fingerprint density at radius 3 is 1.35 bits per heavy atom. The fourth-order valence-corrected chi connectivity index (χ4v) is 15.3. The van der Waals surface area contributed by atoms with Crippen LogP contribution in [0, 0.1) is 27.7 Å². The zero-order valence-electron chi connectivity index (χ0n) is 47.3. The lowest BCUT2D eigenvalue weighted by atomic mass is 9.83. The third kappa shape index (κ3) is 16.6. The van der Waals surface area contributed by atoms with E-state index in [-0.39, 0.29) is 36.0 Å². The van der Waals surface area contributed by atoms with E-state index in [0.29, 0.717) is 135 Å². The van der Waals surface area contributed by atoms with Crippen LogP contribution in [-0.2, 0) is 42.6 Å². The number of halogens is 2. The molecule has 4 heterocycles. The number of carbonyl (C=O) groups is 2. The van der Waals surface area contributed by atoms with Gasteiger partial charge in [0.2, 0.25) is 20.0 Å². The number of sulfonamides is 2. The van der Waals surface area contributed by atoms with Crippen molar-refractivity contribution >= 4 is 55.3 Å². The highest BCUT2D eigenvalue weighted by Gasteiger charge is 2.33. The minimum absolute atomic E-state index is 0.00391. The van der Waals surface area contributed by atoms with E-state index in [1.807, 2.05) is 74.5 Å². The van der Waals surface area contributed by atoms with E-state index in [1.54, 1.807) is 0 Å². The molecule has 438 valence electrons. The quantitative estimate of drug-likeness (QED) is 0.0411. The molecule has 4 amide bonds. The number of urea groups is 2. The number of rotatable bonds is 25. The Balaban J connectivity index is 0.620. The minimum Gasteiger partial charge on any atom is -0.378 e. The maximum atomic E-state index is 13.8. The first-order valence-corrected chi connectivity index (χ1v) is 31.8. The predicted molar refractivity (Wildman–Crippen MR) is 315 cm³/mol. The Labute approximate surface area is 484 Å². The Kier molecular flexibility index (Phi) is 21.8. The van der Waals surface area contributed by atoms with E-state index in [9.17, 15) is 26.4 Å². The van der Waals surface area contributed by atoms with Gasteiger partial charge in [-0.05, 0) is 173 Å². The molecular weight excluding hydrogens is 1100 g/mol. The molecule has 0 aliphatic carbocycles. The van der Waals surface area contributed by atoms with Crippen LogP contribution in [0.25, 0.3) is 0 Å². The number of aryl methyl sites for hydroxylation is 4. The summed E-state index contributed by atoms with van der Waals surface area (Å²) in [6, 6.07) is 18.5. The summed E-state index contributed by atoms with van der Waals surface area (Å²) in [6.07, 6.45) is 2.77. The van der Waals surface area contributed by atoms with E-state index in [1.165, 1.54) is 11.1 Å².